The Kier molecular flexibility index (Phi) is 2.99. The van der Waals surface area contributed by atoms with Crippen molar-refractivity contribution in [3.05, 3.63) is 10.4 Å². The number of hydrogen-bond acceptors (Lipinski definition) is 7. The smallest absolute Gasteiger partial charge is 0.154 e. The van der Waals surface area contributed by atoms with E-state index in [9.17, 15) is 0 Å². The number of rotatable bonds is 1. The first-order chi connectivity index (χ1) is 8.60. The summed E-state index contributed by atoms with van der Waals surface area (Å²) < 4.78 is 5.82. The van der Waals surface area contributed by atoms with Crippen LogP contribution in [0.3, 0.4) is 0 Å². The molecular formula is C11H16N4OS2. The van der Waals surface area contributed by atoms with E-state index in [0.29, 0.717) is 23.5 Å². The Hall–Kier alpha value is -0.790. The number of aliphatic imine (C=N–C) groups is 1. The summed E-state index contributed by atoms with van der Waals surface area (Å²) >= 11 is 3.17. The second-order valence-electron chi connectivity index (χ2n) is 4.82. The molecule has 0 aliphatic carbocycles. The van der Waals surface area contributed by atoms with E-state index >= 15 is 0 Å². The standard InChI is InChI=1S/C11H16N4OS2/c1-6-2-7-3-18-10(13)15-11(7,5-16-6)9-14-8(12)4-17-9/h4,6-7H,2-3,5,12H2,1H3,(H2,13,15)/t6-,7-,11-/m0/s1. The second-order valence-corrected chi connectivity index (χ2v) is 6.72. The van der Waals surface area contributed by atoms with Gasteiger partial charge in [0.2, 0.25) is 0 Å². The Morgan fingerprint density at radius 2 is 2.33 bits per heavy atom. The first kappa shape index (κ1) is 12.3. The number of thiazole rings is 1. The Balaban J connectivity index is 2.05. The van der Waals surface area contributed by atoms with E-state index in [0.717, 1.165) is 17.2 Å². The molecule has 0 bridgehead atoms. The van der Waals surface area contributed by atoms with Crippen LogP contribution in [0.15, 0.2) is 10.4 Å². The summed E-state index contributed by atoms with van der Waals surface area (Å²) in [6.45, 7) is 2.65. The van der Waals surface area contributed by atoms with Crippen molar-refractivity contribution in [1.29, 1.82) is 0 Å². The van der Waals surface area contributed by atoms with Crippen molar-refractivity contribution >= 4 is 34.1 Å². The van der Waals surface area contributed by atoms with Gasteiger partial charge in [0, 0.05) is 17.1 Å². The summed E-state index contributed by atoms with van der Waals surface area (Å²) in [6, 6.07) is 0. The van der Waals surface area contributed by atoms with Crippen molar-refractivity contribution in [2.24, 2.45) is 16.6 Å². The summed E-state index contributed by atoms with van der Waals surface area (Å²) in [5, 5.41) is 3.41. The quantitative estimate of drug-likeness (QED) is 0.814. The molecule has 0 aromatic carbocycles. The topological polar surface area (TPSA) is 86.5 Å². The van der Waals surface area contributed by atoms with Crippen LogP contribution in [0.2, 0.25) is 0 Å². The Morgan fingerprint density at radius 3 is 3.06 bits per heavy atom. The van der Waals surface area contributed by atoms with Gasteiger partial charge < -0.3 is 16.2 Å². The first-order valence-corrected chi connectivity index (χ1v) is 7.78. The average molecular weight is 284 g/mol. The number of nitrogens with zero attached hydrogens (tertiary/aromatic N) is 2. The molecule has 2 aliphatic rings. The van der Waals surface area contributed by atoms with Gasteiger partial charge in [0.25, 0.3) is 0 Å². The molecule has 1 saturated heterocycles. The molecule has 4 N–H and O–H groups in total. The lowest BCUT2D eigenvalue weighted by atomic mass is 9.80. The molecule has 1 aromatic heterocycles. The van der Waals surface area contributed by atoms with Crippen LogP contribution in [0.25, 0.3) is 0 Å². The molecule has 1 aromatic rings. The Morgan fingerprint density at radius 1 is 1.50 bits per heavy atom. The summed E-state index contributed by atoms with van der Waals surface area (Å²) in [6.07, 6.45) is 1.26. The molecule has 0 radical (unpaired) electrons. The van der Waals surface area contributed by atoms with Crippen LogP contribution in [-0.4, -0.2) is 28.6 Å². The maximum absolute atomic E-state index is 5.91. The largest absolute Gasteiger partial charge is 0.383 e. The minimum absolute atomic E-state index is 0.274. The fraction of sp³-hybridized carbons (Fsp3) is 0.636. The molecule has 18 heavy (non-hydrogen) atoms. The van der Waals surface area contributed by atoms with Crippen LogP contribution in [0.4, 0.5) is 5.82 Å². The minimum atomic E-state index is -0.413. The van der Waals surface area contributed by atoms with Crippen molar-refractivity contribution < 1.29 is 4.74 Å². The van der Waals surface area contributed by atoms with E-state index in [1.165, 1.54) is 0 Å². The Bertz CT molecular complexity index is 489. The van der Waals surface area contributed by atoms with Crippen molar-refractivity contribution in [2.75, 3.05) is 18.1 Å². The van der Waals surface area contributed by atoms with Gasteiger partial charge in [0.05, 0.1) is 12.7 Å². The number of ether oxygens (including phenoxy) is 1. The van der Waals surface area contributed by atoms with Crippen molar-refractivity contribution in [3.8, 4) is 0 Å². The zero-order valence-corrected chi connectivity index (χ0v) is 11.8. The fourth-order valence-electron chi connectivity index (χ4n) is 2.56. The average Bonchev–Trinajstić information content (AvgIpc) is 2.77. The van der Waals surface area contributed by atoms with E-state index in [2.05, 4.69) is 16.9 Å². The number of nitrogens with two attached hydrogens (primary N) is 2. The number of anilines is 1. The van der Waals surface area contributed by atoms with E-state index in [1.54, 1.807) is 23.1 Å². The van der Waals surface area contributed by atoms with Gasteiger partial charge in [0.15, 0.2) is 5.17 Å². The van der Waals surface area contributed by atoms with E-state index < -0.39 is 5.54 Å². The SMILES string of the molecule is C[C@H]1C[C@H]2CSC(N)=N[C@@]2(c2nc(N)cs2)CO1. The molecule has 0 saturated carbocycles. The van der Waals surface area contributed by atoms with E-state index in [-0.39, 0.29) is 6.10 Å². The normalized spacial score (nSPS) is 35.9. The molecule has 0 unspecified atom stereocenters. The van der Waals surface area contributed by atoms with E-state index in [4.69, 9.17) is 16.2 Å². The third-order valence-electron chi connectivity index (χ3n) is 3.51. The highest BCUT2D eigenvalue weighted by Crippen LogP contribution is 2.46. The summed E-state index contributed by atoms with van der Waals surface area (Å²) in [4.78, 5) is 9.09. The third kappa shape index (κ3) is 1.90. The molecule has 7 heteroatoms. The molecule has 0 amide bonds. The number of amidine groups is 1. The van der Waals surface area contributed by atoms with E-state index in [1.807, 2.05) is 5.38 Å². The van der Waals surface area contributed by atoms with Crippen LogP contribution in [0, 0.1) is 5.92 Å². The number of aromatic nitrogens is 1. The molecule has 5 nitrogen and oxygen atoms in total. The maximum atomic E-state index is 5.91. The minimum Gasteiger partial charge on any atom is -0.383 e. The van der Waals surface area contributed by atoms with Crippen LogP contribution in [0.5, 0.6) is 0 Å². The third-order valence-corrected chi connectivity index (χ3v) is 5.50. The molecular weight excluding hydrogens is 268 g/mol. The number of nitrogen functional groups attached to an aromatic ring is 1. The van der Waals surface area contributed by atoms with Crippen molar-refractivity contribution in [3.63, 3.8) is 0 Å². The molecule has 1 fully saturated rings. The van der Waals surface area contributed by atoms with Gasteiger partial charge in [0.1, 0.15) is 16.4 Å². The molecule has 2 aliphatic heterocycles. The van der Waals surface area contributed by atoms with Crippen molar-refractivity contribution in [1.82, 2.24) is 4.98 Å². The zero-order chi connectivity index (χ0) is 12.8. The monoisotopic (exact) mass is 284 g/mol. The van der Waals surface area contributed by atoms with Gasteiger partial charge >= 0.3 is 0 Å². The van der Waals surface area contributed by atoms with Crippen molar-refractivity contribution in [2.45, 2.75) is 25.0 Å². The van der Waals surface area contributed by atoms with Crippen LogP contribution in [-0.2, 0) is 10.3 Å². The lowest BCUT2D eigenvalue weighted by Crippen LogP contribution is -2.49. The van der Waals surface area contributed by atoms with Gasteiger partial charge in [-0.05, 0) is 13.3 Å². The Labute approximate surface area is 114 Å². The fourth-order valence-corrected chi connectivity index (χ4v) is 4.49. The number of hydrogen-bond donors (Lipinski definition) is 2. The zero-order valence-electron chi connectivity index (χ0n) is 10.1. The lowest BCUT2D eigenvalue weighted by molar-refractivity contribution is -0.0466. The lowest BCUT2D eigenvalue weighted by Gasteiger charge is -2.44. The van der Waals surface area contributed by atoms with Crippen LogP contribution >= 0.6 is 23.1 Å². The summed E-state index contributed by atoms with van der Waals surface area (Å²) in [5.74, 6) is 1.94. The van der Waals surface area contributed by atoms with Gasteiger partial charge in [-0.2, -0.15) is 0 Å². The van der Waals surface area contributed by atoms with Gasteiger partial charge in [-0.25, -0.2) is 9.98 Å². The molecule has 3 heterocycles. The highest BCUT2D eigenvalue weighted by molar-refractivity contribution is 8.13. The molecule has 0 spiro atoms. The van der Waals surface area contributed by atoms with Gasteiger partial charge in [-0.3, -0.25) is 0 Å². The maximum Gasteiger partial charge on any atom is 0.154 e. The van der Waals surface area contributed by atoms with Gasteiger partial charge in [-0.1, -0.05) is 11.8 Å². The molecule has 3 rings (SSSR count). The highest BCUT2D eigenvalue weighted by Gasteiger charge is 2.49. The molecule has 98 valence electrons. The second kappa shape index (κ2) is 4.40. The summed E-state index contributed by atoms with van der Waals surface area (Å²) in [5.41, 5.74) is 11.2. The number of thioether (sulfide) groups is 1. The van der Waals surface area contributed by atoms with Gasteiger partial charge in [-0.15, -0.1) is 11.3 Å². The predicted octanol–water partition coefficient (Wildman–Crippen LogP) is 1.41. The summed E-state index contributed by atoms with van der Waals surface area (Å²) in [7, 11) is 0. The number of fused-ring (bicyclic) bond motifs is 1. The first-order valence-electron chi connectivity index (χ1n) is 5.91. The highest BCUT2D eigenvalue weighted by atomic mass is 32.2. The van der Waals surface area contributed by atoms with Crippen LogP contribution in [0.1, 0.15) is 18.4 Å². The van der Waals surface area contributed by atoms with Crippen LogP contribution < -0.4 is 11.5 Å². The predicted molar refractivity (Wildman–Crippen MR) is 75.8 cm³/mol. The molecule has 3 atom stereocenters.